The molecule has 1 rings (SSSR count). The SMILES string of the molecule is CN(C)C(CNC(=O)OCCO)c1ccco1. The number of hydrogen-bond donors (Lipinski definition) is 2. The van der Waals surface area contributed by atoms with E-state index in [9.17, 15) is 4.79 Å². The van der Waals surface area contributed by atoms with Crippen molar-refractivity contribution in [3.63, 3.8) is 0 Å². The van der Waals surface area contributed by atoms with Crippen LogP contribution in [0.4, 0.5) is 4.79 Å². The van der Waals surface area contributed by atoms with Crippen molar-refractivity contribution in [3.8, 4) is 0 Å². The molecule has 0 spiro atoms. The monoisotopic (exact) mass is 242 g/mol. The Hall–Kier alpha value is -1.53. The minimum absolute atomic E-state index is 0.000778. The fourth-order valence-corrected chi connectivity index (χ4v) is 1.39. The maximum atomic E-state index is 11.2. The third-order valence-corrected chi connectivity index (χ3v) is 2.26. The molecule has 1 amide bonds. The van der Waals surface area contributed by atoms with Crippen LogP contribution in [-0.4, -0.2) is 50.0 Å². The molecular formula is C11H18N2O4. The van der Waals surface area contributed by atoms with Crippen molar-refractivity contribution in [1.29, 1.82) is 0 Å². The van der Waals surface area contributed by atoms with Gasteiger partial charge in [0, 0.05) is 6.54 Å². The van der Waals surface area contributed by atoms with Gasteiger partial charge in [0.15, 0.2) is 0 Å². The van der Waals surface area contributed by atoms with E-state index in [2.05, 4.69) is 10.1 Å². The van der Waals surface area contributed by atoms with Crippen LogP contribution >= 0.6 is 0 Å². The smallest absolute Gasteiger partial charge is 0.407 e. The first kappa shape index (κ1) is 13.5. The van der Waals surface area contributed by atoms with Crippen LogP contribution in [-0.2, 0) is 4.74 Å². The highest BCUT2D eigenvalue weighted by Crippen LogP contribution is 2.17. The maximum Gasteiger partial charge on any atom is 0.407 e. The number of hydrogen-bond acceptors (Lipinski definition) is 5. The lowest BCUT2D eigenvalue weighted by atomic mass is 10.2. The number of carbonyl (C=O) groups excluding carboxylic acids is 1. The number of aliphatic hydroxyl groups is 1. The van der Waals surface area contributed by atoms with Gasteiger partial charge in [0.05, 0.1) is 18.9 Å². The second kappa shape index (κ2) is 6.93. The van der Waals surface area contributed by atoms with Crippen LogP contribution in [0.2, 0.25) is 0 Å². The molecule has 6 nitrogen and oxygen atoms in total. The Morgan fingerprint density at radius 3 is 2.94 bits per heavy atom. The highest BCUT2D eigenvalue weighted by molar-refractivity contribution is 5.67. The predicted octanol–water partition coefficient (Wildman–Crippen LogP) is 0.601. The number of rotatable bonds is 6. The molecule has 0 aliphatic rings. The van der Waals surface area contributed by atoms with Crippen LogP contribution in [0.5, 0.6) is 0 Å². The molecule has 1 heterocycles. The highest BCUT2D eigenvalue weighted by Gasteiger charge is 2.17. The third-order valence-electron chi connectivity index (χ3n) is 2.26. The van der Waals surface area contributed by atoms with Crippen molar-refractivity contribution in [2.24, 2.45) is 0 Å². The molecule has 17 heavy (non-hydrogen) atoms. The van der Waals surface area contributed by atoms with Crippen molar-refractivity contribution < 1.29 is 19.1 Å². The number of amides is 1. The van der Waals surface area contributed by atoms with Gasteiger partial charge in [0.25, 0.3) is 0 Å². The second-order valence-electron chi connectivity index (χ2n) is 3.74. The maximum absolute atomic E-state index is 11.2. The number of ether oxygens (including phenoxy) is 1. The minimum Gasteiger partial charge on any atom is -0.468 e. The first-order chi connectivity index (χ1) is 8.15. The number of nitrogens with zero attached hydrogens (tertiary/aromatic N) is 1. The number of carbonyl (C=O) groups is 1. The van der Waals surface area contributed by atoms with Gasteiger partial charge < -0.3 is 19.6 Å². The zero-order valence-corrected chi connectivity index (χ0v) is 10.0. The third kappa shape index (κ3) is 4.46. The van der Waals surface area contributed by atoms with Gasteiger partial charge in [0.2, 0.25) is 0 Å². The number of likely N-dealkylation sites (N-methyl/N-ethyl adjacent to an activating group) is 1. The molecular weight excluding hydrogens is 224 g/mol. The molecule has 0 bridgehead atoms. The van der Waals surface area contributed by atoms with Crippen molar-refractivity contribution in [3.05, 3.63) is 24.2 Å². The minimum atomic E-state index is -0.544. The molecule has 1 unspecified atom stereocenters. The van der Waals surface area contributed by atoms with Gasteiger partial charge >= 0.3 is 6.09 Å². The average molecular weight is 242 g/mol. The van der Waals surface area contributed by atoms with E-state index in [0.717, 1.165) is 5.76 Å². The number of aliphatic hydroxyl groups excluding tert-OH is 1. The van der Waals surface area contributed by atoms with Gasteiger partial charge in [0.1, 0.15) is 12.4 Å². The number of nitrogens with one attached hydrogen (secondary N) is 1. The normalized spacial score (nSPS) is 12.5. The Kier molecular flexibility index (Phi) is 5.51. The molecule has 0 aliphatic heterocycles. The Morgan fingerprint density at radius 2 is 2.41 bits per heavy atom. The van der Waals surface area contributed by atoms with Gasteiger partial charge in [-0.25, -0.2) is 4.79 Å². The van der Waals surface area contributed by atoms with Gasteiger partial charge in [-0.3, -0.25) is 4.90 Å². The summed E-state index contributed by atoms with van der Waals surface area (Å²) in [5, 5.41) is 11.1. The van der Waals surface area contributed by atoms with E-state index in [1.54, 1.807) is 12.3 Å². The van der Waals surface area contributed by atoms with Gasteiger partial charge in [-0.05, 0) is 26.2 Å². The van der Waals surface area contributed by atoms with E-state index in [1.165, 1.54) is 0 Å². The van der Waals surface area contributed by atoms with E-state index in [-0.39, 0.29) is 19.3 Å². The molecule has 2 N–H and O–H groups in total. The fraction of sp³-hybridized carbons (Fsp3) is 0.545. The summed E-state index contributed by atoms with van der Waals surface area (Å²) >= 11 is 0. The number of alkyl carbamates (subject to hydrolysis) is 1. The summed E-state index contributed by atoms with van der Waals surface area (Å²) in [4.78, 5) is 13.1. The van der Waals surface area contributed by atoms with Crippen LogP contribution in [0, 0.1) is 0 Å². The molecule has 0 saturated heterocycles. The van der Waals surface area contributed by atoms with Crippen molar-refractivity contribution in [2.75, 3.05) is 33.9 Å². The summed E-state index contributed by atoms with van der Waals surface area (Å²) in [5.41, 5.74) is 0. The summed E-state index contributed by atoms with van der Waals surface area (Å²) in [6, 6.07) is 3.60. The van der Waals surface area contributed by atoms with E-state index in [0.29, 0.717) is 6.54 Å². The van der Waals surface area contributed by atoms with Crippen LogP contribution in [0.25, 0.3) is 0 Å². The quantitative estimate of drug-likeness (QED) is 0.764. The van der Waals surface area contributed by atoms with Gasteiger partial charge in [-0.15, -0.1) is 0 Å². The van der Waals surface area contributed by atoms with Crippen LogP contribution in [0.3, 0.4) is 0 Å². The second-order valence-corrected chi connectivity index (χ2v) is 3.74. The summed E-state index contributed by atoms with van der Waals surface area (Å²) in [6.07, 6.45) is 1.05. The molecule has 96 valence electrons. The van der Waals surface area contributed by atoms with Crippen LogP contribution in [0.15, 0.2) is 22.8 Å². The highest BCUT2D eigenvalue weighted by atomic mass is 16.6. The zero-order valence-electron chi connectivity index (χ0n) is 10.0. The van der Waals surface area contributed by atoms with E-state index >= 15 is 0 Å². The van der Waals surface area contributed by atoms with E-state index in [1.807, 2.05) is 25.1 Å². The Bertz CT molecular complexity index is 324. The lowest BCUT2D eigenvalue weighted by Crippen LogP contribution is -2.35. The largest absolute Gasteiger partial charge is 0.468 e. The van der Waals surface area contributed by atoms with Crippen molar-refractivity contribution in [1.82, 2.24) is 10.2 Å². The molecule has 0 fully saturated rings. The van der Waals surface area contributed by atoms with Crippen molar-refractivity contribution >= 4 is 6.09 Å². The van der Waals surface area contributed by atoms with Gasteiger partial charge in [-0.1, -0.05) is 0 Å². The fourth-order valence-electron chi connectivity index (χ4n) is 1.39. The van der Waals surface area contributed by atoms with Crippen molar-refractivity contribution in [2.45, 2.75) is 6.04 Å². The molecule has 0 radical (unpaired) electrons. The predicted molar refractivity (Wildman–Crippen MR) is 61.6 cm³/mol. The van der Waals surface area contributed by atoms with Gasteiger partial charge in [-0.2, -0.15) is 0 Å². The summed E-state index contributed by atoms with van der Waals surface area (Å²) < 4.78 is 9.99. The Balaban J connectivity index is 2.43. The topological polar surface area (TPSA) is 74.9 Å². The summed E-state index contributed by atoms with van der Waals surface area (Å²) in [6.45, 7) is 0.201. The molecule has 1 aromatic rings. The number of furan rings is 1. The Morgan fingerprint density at radius 1 is 1.65 bits per heavy atom. The first-order valence-corrected chi connectivity index (χ1v) is 5.36. The molecule has 0 aliphatic carbocycles. The van der Waals surface area contributed by atoms with E-state index in [4.69, 9.17) is 9.52 Å². The molecule has 1 atom stereocenters. The van der Waals surface area contributed by atoms with Crippen LogP contribution in [0.1, 0.15) is 11.8 Å². The molecule has 6 heteroatoms. The lowest BCUT2D eigenvalue weighted by Gasteiger charge is -2.22. The molecule has 0 saturated carbocycles. The first-order valence-electron chi connectivity index (χ1n) is 5.36. The summed E-state index contributed by atoms with van der Waals surface area (Å²) in [7, 11) is 3.79. The van der Waals surface area contributed by atoms with Crippen LogP contribution < -0.4 is 5.32 Å². The Labute approximate surface area is 100 Å². The van der Waals surface area contributed by atoms with E-state index < -0.39 is 6.09 Å². The lowest BCUT2D eigenvalue weighted by molar-refractivity contribution is 0.116. The summed E-state index contributed by atoms with van der Waals surface area (Å²) in [5.74, 6) is 0.775. The standard InChI is InChI=1S/C11H18N2O4/c1-13(2)9(10-4-3-6-16-10)8-12-11(15)17-7-5-14/h3-4,6,9,14H,5,7-8H2,1-2H3,(H,12,15). The average Bonchev–Trinajstić information content (AvgIpc) is 2.79. The molecule has 1 aromatic heterocycles. The molecule has 0 aromatic carbocycles. The zero-order chi connectivity index (χ0) is 12.7.